The fourth-order valence-corrected chi connectivity index (χ4v) is 2.39. The van der Waals surface area contributed by atoms with Gasteiger partial charge in [0.05, 0.1) is 18.8 Å². The van der Waals surface area contributed by atoms with Crippen LogP contribution in [0.15, 0.2) is 22.8 Å². The topological polar surface area (TPSA) is 36.6 Å². The zero-order valence-corrected chi connectivity index (χ0v) is 9.77. The lowest BCUT2D eigenvalue weighted by atomic mass is 10.1. The number of furan rings is 1. The van der Waals surface area contributed by atoms with Crippen molar-refractivity contribution in [3.05, 3.63) is 24.2 Å². The second kappa shape index (κ2) is 6.06. The molecule has 16 heavy (non-hydrogen) atoms. The molecule has 1 aromatic heterocycles. The molecule has 3 nitrogen and oxygen atoms in total. The minimum absolute atomic E-state index is 0.132. The predicted octanol–water partition coefficient (Wildman–Crippen LogP) is 2.23. The molecule has 0 radical (unpaired) electrons. The Morgan fingerprint density at radius 1 is 1.25 bits per heavy atom. The summed E-state index contributed by atoms with van der Waals surface area (Å²) in [5, 5.41) is 9.41. The first-order valence-corrected chi connectivity index (χ1v) is 6.27. The molecule has 0 aromatic carbocycles. The molecule has 1 aliphatic rings. The average Bonchev–Trinajstić information content (AvgIpc) is 2.71. The summed E-state index contributed by atoms with van der Waals surface area (Å²) in [5.74, 6) is 1.04. The van der Waals surface area contributed by atoms with E-state index in [9.17, 15) is 5.11 Å². The van der Waals surface area contributed by atoms with E-state index >= 15 is 0 Å². The smallest absolute Gasteiger partial charge is 0.110 e. The standard InChI is InChI=1S/C13H21NO2/c15-11-12(13-6-5-9-16-13)10-14-7-3-1-2-4-8-14/h5-6,9,12,15H,1-4,7-8,10-11H2. The van der Waals surface area contributed by atoms with E-state index in [1.807, 2.05) is 12.1 Å². The van der Waals surface area contributed by atoms with E-state index < -0.39 is 0 Å². The summed E-state index contributed by atoms with van der Waals surface area (Å²) in [5.41, 5.74) is 0. The van der Waals surface area contributed by atoms with Crippen LogP contribution >= 0.6 is 0 Å². The Bertz CT molecular complexity index is 276. The van der Waals surface area contributed by atoms with Crippen LogP contribution in [0.4, 0.5) is 0 Å². The summed E-state index contributed by atoms with van der Waals surface area (Å²) >= 11 is 0. The minimum Gasteiger partial charge on any atom is -0.469 e. The van der Waals surface area contributed by atoms with Crippen molar-refractivity contribution in [2.45, 2.75) is 31.6 Å². The van der Waals surface area contributed by atoms with Crippen LogP contribution in [0.5, 0.6) is 0 Å². The van der Waals surface area contributed by atoms with Gasteiger partial charge in [0.25, 0.3) is 0 Å². The molecular formula is C13H21NO2. The van der Waals surface area contributed by atoms with E-state index in [1.165, 1.54) is 25.7 Å². The minimum atomic E-state index is 0.132. The summed E-state index contributed by atoms with van der Waals surface area (Å²) in [4.78, 5) is 2.45. The van der Waals surface area contributed by atoms with E-state index in [0.29, 0.717) is 0 Å². The lowest BCUT2D eigenvalue weighted by Gasteiger charge is -2.23. The molecule has 1 saturated heterocycles. The first-order chi connectivity index (χ1) is 7.90. The second-order valence-corrected chi connectivity index (χ2v) is 4.61. The van der Waals surface area contributed by atoms with Gasteiger partial charge >= 0.3 is 0 Å². The van der Waals surface area contributed by atoms with Crippen molar-refractivity contribution < 1.29 is 9.52 Å². The molecule has 1 unspecified atom stereocenters. The van der Waals surface area contributed by atoms with Gasteiger partial charge in [-0.25, -0.2) is 0 Å². The van der Waals surface area contributed by atoms with Crippen LogP contribution in [0, 0.1) is 0 Å². The van der Waals surface area contributed by atoms with E-state index in [0.717, 1.165) is 25.4 Å². The van der Waals surface area contributed by atoms with Gasteiger partial charge in [0.2, 0.25) is 0 Å². The second-order valence-electron chi connectivity index (χ2n) is 4.61. The van der Waals surface area contributed by atoms with E-state index in [-0.39, 0.29) is 12.5 Å². The molecule has 0 saturated carbocycles. The summed E-state index contributed by atoms with van der Waals surface area (Å²) in [7, 11) is 0. The highest BCUT2D eigenvalue weighted by atomic mass is 16.3. The van der Waals surface area contributed by atoms with Gasteiger partial charge in [-0.2, -0.15) is 0 Å². The Morgan fingerprint density at radius 3 is 2.56 bits per heavy atom. The van der Waals surface area contributed by atoms with Gasteiger partial charge in [-0.1, -0.05) is 12.8 Å². The predicted molar refractivity (Wildman–Crippen MR) is 63.4 cm³/mol. The van der Waals surface area contributed by atoms with Crippen LogP contribution in [0.1, 0.15) is 37.4 Å². The molecule has 2 heterocycles. The Kier molecular flexibility index (Phi) is 4.43. The van der Waals surface area contributed by atoms with Gasteiger partial charge in [-0.05, 0) is 38.1 Å². The largest absolute Gasteiger partial charge is 0.469 e. The number of hydrogen-bond donors (Lipinski definition) is 1. The van der Waals surface area contributed by atoms with Crippen molar-refractivity contribution in [3.63, 3.8) is 0 Å². The van der Waals surface area contributed by atoms with Crippen molar-refractivity contribution >= 4 is 0 Å². The molecular weight excluding hydrogens is 202 g/mol. The fraction of sp³-hybridized carbons (Fsp3) is 0.692. The van der Waals surface area contributed by atoms with Crippen LogP contribution < -0.4 is 0 Å². The molecule has 1 fully saturated rings. The summed E-state index contributed by atoms with van der Waals surface area (Å²) in [6, 6.07) is 3.85. The van der Waals surface area contributed by atoms with Crippen molar-refractivity contribution in [2.24, 2.45) is 0 Å². The van der Waals surface area contributed by atoms with Crippen LogP contribution in [0.3, 0.4) is 0 Å². The third-order valence-electron chi connectivity index (χ3n) is 3.34. The first-order valence-electron chi connectivity index (χ1n) is 6.27. The molecule has 0 bridgehead atoms. The van der Waals surface area contributed by atoms with Gasteiger partial charge in [-0.15, -0.1) is 0 Å². The third kappa shape index (κ3) is 3.09. The molecule has 3 heteroatoms. The normalized spacial score (nSPS) is 20.6. The first kappa shape index (κ1) is 11.7. The zero-order chi connectivity index (χ0) is 11.2. The number of aliphatic hydroxyl groups excluding tert-OH is 1. The molecule has 1 aromatic rings. The van der Waals surface area contributed by atoms with E-state index in [2.05, 4.69) is 4.90 Å². The lowest BCUT2D eigenvalue weighted by molar-refractivity contribution is 0.190. The third-order valence-corrected chi connectivity index (χ3v) is 3.34. The van der Waals surface area contributed by atoms with Crippen molar-refractivity contribution in [1.29, 1.82) is 0 Å². The van der Waals surface area contributed by atoms with Gasteiger partial charge in [0.15, 0.2) is 0 Å². The number of hydrogen-bond acceptors (Lipinski definition) is 3. The summed E-state index contributed by atoms with van der Waals surface area (Å²) < 4.78 is 5.37. The fourth-order valence-electron chi connectivity index (χ4n) is 2.39. The monoisotopic (exact) mass is 223 g/mol. The van der Waals surface area contributed by atoms with Gasteiger partial charge in [-0.3, -0.25) is 0 Å². The molecule has 1 N–H and O–H groups in total. The molecule has 0 amide bonds. The number of likely N-dealkylation sites (tertiary alicyclic amines) is 1. The van der Waals surface area contributed by atoms with Crippen molar-refractivity contribution in [2.75, 3.05) is 26.2 Å². The van der Waals surface area contributed by atoms with Crippen LogP contribution in [-0.2, 0) is 0 Å². The highest BCUT2D eigenvalue weighted by Gasteiger charge is 2.18. The van der Waals surface area contributed by atoms with Crippen LogP contribution in [0.25, 0.3) is 0 Å². The maximum absolute atomic E-state index is 9.41. The van der Waals surface area contributed by atoms with Gasteiger partial charge in [0.1, 0.15) is 5.76 Å². The quantitative estimate of drug-likeness (QED) is 0.850. The number of nitrogens with zero attached hydrogens (tertiary/aromatic N) is 1. The average molecular weight is 223 g/mol. The number of rotatable bonds is 4. The lowest BCUT2D eigenvalue weighted by Crippen LogP contribution is -2.30. The van der Waals surface area contributed by atoms with Gasteiger partial charge < -0.3 is 14.4 Å². The SMILES string of the molecule is OCC(CN1CCCCCC1)c1ccco1. The zero-order valence-electron chi connectivity index (χ0n) is 9.77. The van der Waals surface area contributed by atoms with Gasteiger partial charge in [0, 0.05) is 6.54 Å². The van der Waals surface area contributed by atoms with Crippen molar-refractivity contribution in [3.8, 4) is 0 Å². The van der Waals surface area contributed by atoms with Crippen LogP contribution in [0.2, 0.25) is 0 Å². The molecule has 1 atom stereocenters. The molecule has 2 rings (SSSR count). The summed E-state index contributed by atoms with van der Waals surface area (Å²) in [6.07, 6.45) is 6.95. The maximum Gasteiger partial charge on any atom is 0.110 e. The maximum atomic E-state index is 9.41. The molecule has 90 valence electrons. The Hall–Kier alpha value is -0.800. The van der Waals surface area contributed by atoms with E-state index in [1.54, 1.807) is 6.26 Å². The summed E-state index contributed by atoms with van der Waals surface area (Å²) in [6.45, 7) is 3.42. The molecule has 1 aliphatic heterocycles. The highest BCUT2D eigenvalue weighted by Crippen LogP contribution is 2.19. The highest BCUT2D eigenvalue weighted by molar-refractivity contribution is 5.06. The Balaban J connectivity index is 1.90. The van der Waals surface area contributed by atoms with Crippen molar-refractivity contribution in [1.82, 2.24) is 4.90 Å². The Morgan fingerprint density at radius 2 is 2.00 bits per heavy atom. The molecule has 0 spiro atoms. The van der Waals surface area contributed by atoms with Crippen LogP contribution in [-0.4, -0.2) is 36.2 Å². The van der Waals surface area contributed by atoms with E-state index in [4.69, 9.17) is 4.42 Å². The Labute approximate surface area is 97.1 Å². The molecule has 0 aliphatic carbocycles. The number of aliphatic hydroxyl groups is 1.